The lowest BCUT2D eigenvalue weighted by Gasteiger charge is -2.35. The number of pyridine rings is 1. The van der Waals surface area contributed by atoms with Crippen LogP contribution < -0.4 is 9.64 Å². The molecule has 0 radical (unpaired) electrons. The lowest BCUT2D eigenvalue weighted by Crippen LogP contribution is -2.49. The fourth-order valence-electron chi connectivity index (χ4n) is 3.31. The zero-order valence-electron chi connectivity index (χ0n) is 16.0. The molecule has 1 aromatic heterocycles. The van der Waals surface area contributed by atoms with E-state index < -0.39 is 0 Å². The van der Waals surface area contributed by atoms with Gasteiger partial charge in [0.25, 0.3) is 0 Å². The summed E-state index contributed by atoms with van der Waals surface area (Å²) in [5.41, 5.74) is 1.81. The van der Waals surface area contributed by atoms with Crippen molar-refractivity contribution in [3.05, 3.63) is 53.2 Å². The molecule has 7 nitrogen and oxygen atoms in total. The number of rotatable bonds is 5. The highest BCUT2D eigenvalue weighted by Crippen LogP contribution is 2.23. The van der Waals surface area contributed by atoms with Crippen molar-refractivity contribution in [2.24, 2.45) is 0 Å². The van der Waals surface area contributed by atoms with Crippen LogP contribution in [0.1, 0.15) is 28.4 Å². The molecular weight excluding hydrogens is 356 g/mol. The number of Topliss-reactive ketones (excluding diaryl/α,β-unsaturated/α-hetero) is 1. The van der Waals surface area contributed by atoms with Gasteiger partial charge < -0.3 is 14.5 Å². The van der Waals surface area contributed by atoms with Crippen molar-refractivity contribution >= 4 is 17.5 Å². The van der Waals surface area contributed by atoms with Crippen molar-refractivity contribution in [1.82, 2.24) is 9.88 Å². The number of carbonyl (C=O) groups excluding carboxylic acids is 2. The third-order valence-electron chi connectivity index (χ3n) is 4.87. The van der Waals surface area contributed by atoms with Gasteiger partial charge in [0.2, 0.25) is 5.91 Å². The number of hydrogen-bond acceptors (Lipinski definition) is 6. The normalized spacial score (nSPS) is 13.8. The van der Waals surface area contributed by atoms with Gasteiger partial charge in [-0.05, 0) is 37.3 Å². The highest BCUT2D eigenvalue weighted by molar-refractivity contribution is 5.94. The summed E-state index contributed by atoms with van der Waals surface area (Å²) in [5, 5.41) is 9.25. The second-order valence-corrected chi connectivity index (χ2v) is 6.61. The van der Waals surface area contributed by atoms with Crippen molar-refractivity contribution in [3.63, 3.8) is 0 Å². The Bertz CT molecular complexity index is 927. The summed E-state index contributed by atoms with van der Waals surface area (Å²) in [5.74, 6) is 1.20. The Hall–Kier alpha value is -3.40. The largest absolute Gasteiger partial charge is 0.496 e. The maximum absolute atomic E-state index is 12.8. The lowest BCUT2D eigenvalue weighted by atomic mass is 10.0. The van der Waals surface area contributed by atoms with Gasteiger partial charge in [0.1, 0.15) is 17.6 Å². The van der Waals surface area contributed by atoms with Gasteiger partial charge >= 0.3 is 0 Å². The zero-order valence-corrected chi connectivity index (χ0v) is 16.0. The molecule has 1 fully saturated rings. The van der Waals surface area contributed by atoms with Gasteiger partial charge in [-0.2, -0.15) is 5.26 Å². The van der Waals surface area contributed by atoms with Crippen LogP contribution in [-0.4, -0.2) is 54.9 Å². The summed E-state index contributed by atoms with van der Waals surface area (Å²) >= 11 is 0. The molecule has 0 N–H and O–H groups in total. The van der Waals surface area contributed by atoms with Crippen LogP contribution in [0.4, 0.5) is 5.82 Å². The number of benzene rings is 1. The molecule has 0 bridgehead atoms. The quantitative estimate of drug-likeness (QED) is 0.740. The second kappa shape index (κ2) is 8.53. The van der Waals surface area contributed by atoms with Crippen molar-refractivity contribution < 1.29 is 14.3 Å². The molecular formula is C21H22N4O3. The maximum Gasteiger partial charge on any atom is 0.227 e. The fourth-order valence-corrected chi connectivity index (χ4v) is 3.31. The standard InChI is InChI=1S/C21H22N4O3/c1-15(26)16-5-6-19(28-2)18(12-16)13-20(27)24-8-10-25(11-9-24)21-17(14-22)4-3-7-23-21/h3-7,12H,8-11,13H2,1-2H3. The predicted molar refractivity (Wildman–Crippen MR) is 104 cm³/mol. The number of methoxy groups -OCH3 is 1. The Kier molecular flexibility index (Phi) is 5.90. The van der Waals surface area contributed by atoms with Crippen LogP contribution in [0.3, 0.4) is 0 Å². The first-order valence-electron chi connectivity index (χ1n) is 9.09. The summed E-state index contributed by atoms with van der Waals surface area (Å²) in [6.45, 7) is 3.83. The van der Waals surface area contributed by atoms with Gasteiger partial charge in [-0.1, -0.05) is 0 Å². The van der Waals surface area contributed by atoms with Crippen LogP contribution in [0, 0.1) is 11.3 Å². The molecule has 0 spiro atoms. The molecule has 2 heterocycles. The fraction of sp³-hybridized carbons (Fsp3) is 0.333. The lowest BCUT2D eigenvalue weighted by molar-refractivity contribution is -0.130. The number of ether oxygens (including phenoxy) is 1. The van der Waals surface area contributed by atoms with Crippen LogP contribution in [0.15, 0.2) is 36.5 Å². The molecule has 0 unspecified atom stereocenters. The van der Waals surface area contributed by atoms with Crippen LogP contribution in [0.2, 0.25) is 0 Å². The minimum Gasteiger partial charge on any atom is -0.496 e. The van der Waals surface area contributed by atoms with Gasteiger partial charge in [0, 0.05) is 43.5 Å². The molecule has 3 rings (SSSR count). The van der Waals surface area contributed by atoms with Gasteiger partial charge in [-0.3, -0.25) is 9.59 Å². The molecule has 1 aromatic carbocycles. The van der Waals surface area contributed by atoms with Gasteiger partial charge in [0.05, 0.1) is 19.1 Å². The molecule has 1 aliphatic heterocycles. The van der Waals surface area contributed by atoms with Crippen molar-refractivity contribution in [1.29, 1.82) is 5.26 Å². The number of amides is 1. The highest BCUT2D eigenvalue weighted by Gasteiger charge is 2.24. The second-order valence-electron chi connectivity index (χ2n) is 6.61. The topological polar surface area (TPSA) is 86.5 Å². The van der Waals surface area contributed by atoms with Gasteiger partial charge in [-0.15, -0.1) is 0 Å². The molecule has 144 valence electrons. The molecule has 28 heavy (non-hydrogen) atoms. The van der Waals surface area contributed by atoms with E-state index in [4.69, 9.17) is 4.74 Å². The Morgan fingerprint density at radius 3 is 2.61 bits per heavy atom. The number of aromatic nitrogens is 1. The highest BCUT2D eigenvalue weighted by atomic mass is 16.5. The number of carbonyl (C=O) groups is 2. The van der Waals surface area contributed by atoms with E-state index in [0.29, 0.717) is 54.4 Å². The monoisotopic (exact) mass is 378 g/mol. The van der Waals surface area contributed by atoms with Crippen LogP contribution in [0.5, 0.6) is 5.75 Å². The van der Waals surface area contributed by atoms with Crippen LogP contribution in [0.25, 0.3) is 0 Å². The molecule has 0 saturated carbocycles. The van der Waals surface area contributed by atoms with E-state index in [0.717, 1.165) is 0 Å². The van der Waals surface area contributed by atoms with Gasteiger partial charge in [0.15, 0.2) is 5.78 Å². The Morgan fingerprint density at radius 2 is 1.96 bits per heavy atom. The molecule has 0 aliphatic carbocycles. The Morgan fingerprint density at radius 1 is 1.21 bits per heavy atom. The average molecular weight is 378 g/mol. The van der Waals surface area contributed by atoms with E-state index in [-0.39, 0.29) is 18.1 Å². The number of nitriles is 1. The minimum absolute atomic E-state index is 0.0137. The van der Waals surface area contributed by atoms with E-state index in [1.54, 1.807) is 48.5 Å². The molecule has 0 atom stereocenters. The third kappa shape index (κ3) is 4.12. The first-order chi connectivity index (χ1) is 13.5. The molecule has 1 saturated heterocycles. The van der Waals surface area contributed by atoms with Crippen LogP contribution >= 0.6 is 0 Å². The first-order valence-corrected chi connectivity index (χ1v) is 9.09. The summed E-state index contributed by atoms with van der Waals surface area (Å²) in [6.07, 6.45) is 1.85. The zero-order chi connectivity index (χ0) is 20.1. The number of piperazine rings is 1. The molecule has 7 heteroatoms. The summed E-state index contributed by atoms with van der Waals surface area (Å²) in [6, 6.07) is 10.8. The van der Waals surface area contributed by atoms with Gasteiger partial charge in [-0.25, -0.2) is 4.98 Å². The van der Waals surface area contributed by atoms with E-state index in [2.05, 4.69) is 11.1 Å². The smallest absolute Gasteiger partial charge is 0.227 e. The Balaban J connectivity index is 1.67. The molecule has 2 aromatic rings. The number of anilines is 1. The SMILES string of the molecule is COc1ccc(C(C)=O)cc1CC(=O)N1CCN(c2ncccc2C#N)CC1. The van der Waals surface area contributed by atoms with Crippen molar-refractivity contribution in [2.45, 2.75) is 13.3 Å². The van der Waals surface area contributed by atoms with Crippen LogP contribution in [-0.2, 0) is 11.2 Å². The average Bonchev–Trinajstić information content (AvgIpc) is 2.73. The third-order valence-corrected chi connectivity index (χ3v) is 4.87. The maximum atomic E-state index is 12.8. The van der Waals surface area contributed by atoms with E-state index in [9.17, 15) is 14.9 Å². The number of nitrogens with zero attached hydrogens (tertiary/aromatic N) is 4. The minimum atomic E-state index is -0.0476. The number of hydrogen-bond donors (Lipinski definition) is 0. The predicted octanol–water partition coefficient (Wildman–Crippen LogP) is 2.06. The van der Waals surface area contributed by atoms with Crippen molar-refractivity contribution in [3.8, 4) is 11.8 Å². The van der Waals surface area contributed by atoms with E-state index >= 15 is 0 Å². The summed E-state index contributed by atoms with van der Waals surface area (Å²) in [4.78, 5) is 32.6. The molecule has 1 aliphatic rings. The van der Waals surface area contributed by atoms with E-state index in [1.807, 2.05) is 4.90 Å². The summed E-state index contributed by atoms with van der Waals surface area (Å²) < 4.78 is 5.34. The molecule has 1 amide bonds. The summed E-state index contributed by atoms with van der Waals surface area (Å²) in [7, 11) is 1.55. The number of ketones is 1. The van der Waals surface area contributed by atoms with Crippen molar-refractivity contribution in [2.75, 3.05) is 38.2 Å². The Labute approximate surface area is 164 Å². The van der Waals surface area contributed by atoms with E-state index in [1.165, 1.54) is 6.92 Å². The first kappa shape index (κ1) is 19.4.